The summed E-state index contributed by atoms with van der Waals surface area (Å²) in [4.78, 5) is 15.0. The third-order valence-electron chi connectivity index (χ3n) is 7.14. The third-order valence-corrected chi connectivity index (χ3v) is 7.66. The summed E-state index contributed by atoms with van der Waals surface area (Å²) in [5.41, 5.74) is 2.48. The van der Waals surface area contributed by atoms with Crippen molar-refractivity contribution in [3.63, 3.8) is 0 Å². The number of ether oxygens (including phenoxy) is 2. The van der Waals surface area contributed by atoms with Crippen LogP contribution >= 0.6 is 34.8 Å². The first kappa shape index (κ1) is 29.9. The van der Waals surface area contributed by atoms with E-state index in [1.807, 2.05) is 24.3 Å². The fourth-order valence-corrected chi connectivity index (χ4v) is 5.08. The predicted molar refractivity (Wildman–Crippen MR) is 156 cm³/mol. The van der Waals surface area contributed by atoms with Crippen molar-refractivity contribution in [1.29, 1.82) is 0 Å². The van der Waals surface area contributed by atoms with Gasteiger partial charge >= 0.3 is 0 Å². The van der Waals surface area contributed by atoms with Gasteiger partial charge < -0.3 is 20.1 Å². The zero-order chi connectivity index (χ0) is 27.7. The lowest BCUT2D eigenvalue weighted by Crippen LogP contribution is -2.54. The number of benzene rings is 2. The minimum absolute atomic E-state index is 0.308. The molecule has 212 valence electrons. The largest absolute Gasteiger partial charge is 0.493 e. The Hall–Kier alpha value is -2.03. The molecular formula is C29H35Cl3FN3O3. The van der Waals surface area contributed by atoms with E-state index in [9.17, 15) is 9.18 Å². The van der Waals surface area contributed by atoms with Crippen molar-refractivity contribution in [3.8, 4) is 5.75 Å². The molecule has 2 aromatic carbocycles. The molecule has 1 unspecified atom stereocenters. The van der Waals surface area contributed by atoms with Crippen molar-refractivity contribution in [1.82, 2.24) is 10.2 Å². The van der Waals surface area contributed by atoms with E-state index in [0.29, 0.717) is 32.4 Å². The van der Waals surface area contributed by atoms with E-state index in [0.717, 1.165) is 62.7 Å². The molecule has 6 nitrogen and oxygen atoms in total. The van der Waals surface area contributed by atoms with Gasteiger partial charge in [0, 0.05) is 43.5 Å². The summed E-state index contributed by atoms with van der Waals surface area (Å²) in [6.45, 7) is 5.95. The van der Waals surface area contributed by atoms with Gasteiger partial charge in [0.25, 0.3) is 9.70 Å². The molecular weight excluding hydrogens is 564 g/mol. The highest BCUT2D eigenvalue weighted by Gasteiger charge is 2.40. The fourth-order valence-electron chi connectivity index (χ4n) is 4.94. The van der Waals surface area contributed by atoms with Crippen LogP contribution in [0, 0.1) is 5.82 Å². The summed E-state index contributed by atoms with van der Waals surface area (Å²) in [5, 5.41) is 6.45. The maximum Gasteiger partial charge on any atom is 0.272 e. The summed E-state index contributed by atoms with van der Waals surface area (Å²) < 4.78 is 22.7. The van der Waals surface area contributed by atoms with Gasteiger partial charge in [0.15, 0.2) is 0 Å². The second kappa shape index (κ2) is 14.0. The first-order chi connectivity index (χ1) is 18.7. The van der Waals surface area contributed by atoms with Crippen LogP contribution in [0.15, 0.2) is 60.2 Å². The number of amides is 1. The molecule has 4 rings (SSSR count). The van der Waals surface area contributed by atoms with Crippen molar-refractivity contribution in [2.75, 3.05) is 51.3 Å². The number of halogens is 4. The molecule has 2 aromatic rings. The molecule has 1 saturated heterocycles. The fraction of sp³-hybridized carbons (Fsp3) is 0.483. The van der Waals surface area contributed by atoms with E-state index >= 15 is 0 Å². The Bertz CT molecular complexity index is 1120. The lowest BCUT2D eigenvalue weighted by atomic mass is 9.78. The standard InChI is InChI=1S/C29H35Cl3FN3O3/c30-29(31,32)27(37)35-28(20-22-5-7-24(33)8-6-22)11-9-23(10-12-28)21-34-25-3-1-4-26(19-25)39-16-2-13-36-14-17-38-18-15-36/h1,3-9,19,34H,2,10-18,20-21H2,(H,35,37). The molecule has 39 heavy (non-hydrogen) atoms. The molecule has 1 fully saturated rings. The number of alkyl halides is 3. The average Bonchev–Trinajstić information content (AvgIpc) is 2.92. The number of nitrogens with zero attached hydrogens (tertiary/aromatic N) is 1. The van der Waals surface area contributed by atoms with Gasteiger partial charge in [-0.3, -0.25) is 9.69 Å². The highest BCUT2D eigenvalue weighted by atomic mass is 35.6. The van der Waals surface area contributed by atoms with Crippen molar-refractivity contribution in [2.24, 2.45) is 0 Å². The number of anilines is 1. The quantitative estimate of drug-likeness (QED) is 0.191. The molecule has 1 aliphatic carbocycles. The number of rotatable bonds is 11. The van der Waals surface area contributed by atoms with E-state index in [2.05, 4.69) is 21.6 Å². The van der Waals surface area contributed by atoms with Gasteiger partial charge in [0.2, 0.25) is 0 Å². The van der Waals surface area contributed by atoms with Crippen LogP contribution in [0.25, 0.3) is 0 Å². The van der Waals surface area contributed by atoms with Gasteiger partial charge in [-0.25, -0.2) is 4.39 Å². The SMILES string of the molecule is O=C(NC1(Cc2ccc(F)cc2)CC=C(CNc2cccc(OCCCN3CCOCC3)c2)CC1)C(Cl)(Cl)Cl. The van der Waals surface area contributed by atoms with Crippen molar-refractivity contribution in [2.45, 2.75) is 41.4 Å². The number of hydrogen-bond acceptors (Lipinski definition) is 5. The molecule has 10 heteroatoms. The molecule has 1 aliphatic heterocycles. The first-order valence-corrected chi connectivity index (χ1v) is 14.4. The van der Waals surface area contributed by atoms with E-state index in [1.54, 1.807) is 12.1 Å². The van der Waals surface area contributed by atoms with Crippen LogP contribution in [0.2, 0.25) is 0 Å². The van der Waals surface area contributed by atoms with Crippen LogP contribution in [0.1, 0.15) is 31.2 Å². The number of carbonyl (C=O) groups is 1. The minimum Gasteiger partial charge on any atom is -0.493 e. The Labute approximate surface area is 244 Å². The Morgan fingerprint density at radius 2 is 1.90 bits per heavy atom. The van der Waals surface area contributed by atoms with Crippen molar-refractivity contribution in [3.05, 3.63) is 71.6 Å². The number of carbonyl (C=O) groups excluding carboxylic acids is 1. The maximum absolute atomic E-state index is 13.4. The topological polar surface area (TPSA) is 62.8 Å². The molecule has 0 spiro atoms. The van der Waals surface area contributed by atoms with E-state index < -0.39 is 15.2 Å². The molecule has 2 N–H and O–H groups in total. The second-order valence-electron chi connectivity index (χ2n) is 10.1. The van der Waals surface area contributed by atoms with Gasteiger partial charge in [-0.1, -0.05) is 64.7 Å². The van der Waals surface area contributed by atoms with Crippen molar-refractivity contribution >= 4 is 46.4 Å². The Kier molecular flexibility index (Phi) is 10.8. The van der Waals surface area contributed by atoms with Crippen LogP contribution in [0.5, 0.6) is 5.75 Å². The summed E-state index contributed by atoms with van der Waals surface area (Å²) in [6, 6.07) is 14.2. The van der Waals surface area contributed by atoms with E-state index in [4.69, 9.17) is 44.3 Å². The monoisotopic (exact) mass is 597 g/mol. The van der Waals surface area contributed by atoms with E-state index in [1.165, 1.54) is 17.7 Å². The zero-order valence-electron chi connectivity index (χ0n) is 21.9. The average molecular weight is 599 g/mol. The lowest BCUT2D eigenvalue weighted by molar-refractivity contribution is -0.122. The van der Waals surface area contributed by atoms with Crippen LogP contribution in [-0.4, -0.2) is 66.1 Å². The van der Waals surface area contributed by atoms with Crippen molar-refractivity contribution < 1.29 is 18.7 Å². The van der Waals surface area contributed by atoms with Gasteiger partial charge in [-0.15, -0.1) is 0 Å². The maximum atomic E-state index is 13.4. The molecule has 0 saturated carbocycles. The summed E-state index contributed by atoms with van der Waals surface area (Å²) in [7, 11) is 0. The van der Waals surface area contributed by atoms with Gasteiger partial charge in [-0.2, -0.15) is 0 Å². The highest BCUT2D eigenvalue weighted by Crippen LogP contribution is 2.34. The lowest BCUT2D eigenvalue weighted by Gasteiger charge is -2.38. The van der Waals surface area contributed by atoms with Gasteiger partial charge in [0.05, 0.1) is 19.8 Å². The Morgan fingerprint density at radius 1 is 1.13 bits per heavy atom. The van der Waals surface area contributed by atoms with Gasteiger partial charge in [0.1, 0.15) is 11.6 Å². The number of nitrogens with one attached hydrogen (secondary N) is 2. The first-order valence-electron chi connectivity index (χ1n) is 13.3. The smallest absolute Gasteiger partial charge is 0.272 e. The third kappa shape index (κ3) is 9.54. The molecule has 0 radical (unpaired) electrons. The Morgan fingerprint density at radius 3 is 2.59 bits per heavy atom. The van der Waals surface area contributed by atoms with Gasteiger partial charge in [-0.05, 0) is 61.9 Å². The molecule has 0 aromatic heterocycles. The number of morpholine rings is 1. The number of hydrogen-bond donors (Lipinski definition) is 2. The zero-order valence-corrected chi connectivity index (χ0v) is 24.1. The summed E-state index contributed by atoms with van der Waals surface area (Å²) in [5.74, 6) is -0.129. The summed E-state index contributed by atoms with van der Waals surface area (Å²) in [6.07, 6.45) is 5.59. The predicted octanol–water partition coefficient (Wildman–Crippen LogP) is 5.92. The Balaban J connectivity index is 1.30. The molecule has 1 amide bonds. The van der Waals surface area contributed by atoms with Crippen LogP contribution < -0.4 is 15.4 Å². The highest BCUT2D eigenvalue weighted by molar-refractivity contribution is 6.76. The molecule has 1 heterocycles. The van der Waals surface area contributed by atoms with Crippen LogP contribution in [0.4, 0.5) is 10.1 Å². The van der Waals surface area contributed by atoms with Crippen LogP contribution in [-0.2, 0) is 16.0 Å². The molecule has 2 aliphatic rings. The summed E-state index contributed by atoms with van der Waals surface area (Å²) >= 11 is 17.6. The normalized spacial score (nSPS) is 20.3. The van der Waals surface area contributed by atoms with E-state index in [-0.39, 0.29) is 5.82 Å². The molecule has 0 bridgehead atoms. The second-order valence-corrected chi connectivity index (χ2v) is 12.4. The molecule has 1 atom stereocenters. The van der Waals surface area contributed by atoms with Crippen LogP contribution in [0.3, 0.4) is 0 Å². The minimum atomic E-state index is -2.06.